The summed E-state index contributed by atoms with van der Waals surface area (Å²) >= 11 is 3.25. The van der Waals surface area contributed by atoms with E-state index >= 15 is 0 Å². The molecule has 2 rings (SSSR count). The summed E-state index contributed by atoms with van der Waals surface area (Å²) in [7, 11) is 0. The zero-order valence-electron chi connectivity index (χ0n) is 10.1. The van der Waals surface area contributed by atoms with Gasteiger partial charge in [0.2, 0.25) is 0 Å². The lowest BCUT2D eigenvalue weighted by Crippen LogP contribution is -2.22. The molecule has 0 N–H and O–H groups in total. The van der Waals surface area contributed by atoms with Crippen molar-refractivity contribution in [1.29, 1.82) is 5.26 Å². The van der Waals surface area contributed by atoms with Crippen LogP contribution in [0.5, 0.6) is 0 Å². The molecular formula is C13H8BrN3O3. The summed E-state index contributed by atoms with van der Waals surface area (Å²) in [6.45, 7) is 0.229. The summed E-state index contributed by atoms with van der Waals surface area (Å²) in [6.07, 6.45) is 1.57. The Morgan fingerprint density at radius 2 is 2.15 bits per heavy atom. The number of hydrogen-bond donors (Lipinski definition) is 0. The summed E-state index contributed by atoms with van der Waals surface area (Å²) in [5, 5.41) is 19.5. The van der Waals surface area contributed by atoms with Gasteiger partial charge in [0, 0.05) is 22.8 Å². The monoisotopic (exact) mass is 333 g/mol. The molecular weight excluding hydrogens is 326 g/mol. The molecule has 0 aliphatic carbocycles. The second kappa shape index (κ2) is 5.67. The van der Waals surface area contributed by atoms with Crippen molar-refractivity contribution in [2.24, 2.45) is 0 Å². The molecule has 0 atom stereocenters. The molecule has 0 spiro atoms. The van der Waals surface area contributed by atoms with E-state index in [1.54, 1.807) is 18.3 Å². The van der Waals surface area contributed by atoms with Gasteiger partial charge in [0.1, 0.15) is 11.6 Å². The highest BCUT2D eigenvalue weighted by Gasteiger charge is 2.10. The highest BCUT2D eigenvalue weighted by atomic mass is 79.9. The van der Waals surface area contributed by atoms with Gasteiger partial charge in [0.15, 0.2) is 0 Å². The SMILES string of the molecule is N#Cc1cccn(Cc2ccc([N+](=O)[O-])cc2Br)c1=O. The number of halogens is 1. The van der Waals surface area contributed by atoms with Crippen molar-refractivity contribution >= 4 is 21.6 Å². The van der Waals surface area contributed by atoms with E-state index in [0.717, 1.165) is 0 Å². The fourth-order valence-electron chi connectivity index (χ4n) is 1.71. The maximum absolute atomic E-state index is 11.9. The highest BCUT2D eigenvalue weighted by molar-refractivity contribution is 9.10. The minimum atomic E-state index is -0.489. The van der Waals surface area contributed by atoms with Gasteiger partial charge in [-0.2, -0.15) is 5.26 Å². The number of nitrogens with zero attached hydrogens (tertiary/aromatic N) is 3. The van der Waals surface area contributed by atoms with Crippen LogP contribution in [0.25, 0.3) is 0 Å². The van der Waals surface area contributed by atoms with Crippen molar-refractivity contribution in [2.45, 2.75) is 6.54 Å². The number of pyridine rings is 1. The number of nitro benzene ring substituents is 1. The topological polar surface area (TPSA) is 88.9 Å². The van der Waals surface area contributed by atoms with Crippen LogP contribution in [0, 0.1) is 21.4 Å². The van der Waals surface area contributed by atoms with Crippen molar-refractivity contribution < 1.29 is 4.92 Å². The Balaban J connectivity index is 2.39. The number of hydrogen-bond acceptors (Lipinski definition) is 4. The van der Waals surface area contributed by atoms with Crippen LogP contribution in [0.1, 0.15) is 11.1 Å². The third-order valence-corrected chi connectivity index (χ3v) is 3.47. The van der Waals surface area contributed by atoms with Crippen LogP contribution in [0.4, 0.5) is 5.69 Å². The van der Waals surface area contributed by atoms with Crippen LogP contribution in [0.3, 0.4) is 0 Å². The molecule has 0 aliphatic rings. The predicted molar refractivity (Wildman–Crippen MR) is 75.3 cm³/mol. The zero-order chi connectivity index (χ0) is 14.7. The first-order valence-corrected chi connectivity index (χ1v) is 6.34. The van der Waals surface area contributed by atoms with Gasteiger partial charge >= 0.3 is 0 Å². The van der Waals surface area contributed by atoms with E-state index in [4.69, 9.17) is 5.26 Å². The number of rotatable bonds is 3. The molecule has 100 valence electrons. The Hall–Kier alpha value is -2.46. The van der Waals surface area contributed by atoms with E-state index < -0.39 is 4.92 Å². The molecule has 1 aromatic carbocycles. The van der Waals surface area contributed by atoms with E-state index in [0.29, 0.717) is 10.0 Å². The molecule has 1 heterocycles. The van der Waals surface area contributed by atoms with Crippen molar-refractivity contribution in [3.8, 4) is 6.07 Å². The third-order valence-electron chi connectivity index (χ3n) is 2.73. The largest absolute Gasteiger partial charge is 0.310 e. The molecule has 2 aromatic rings. The standard InChI is InChI=1S/C13H8BrN3O3/c14-12-6-11(17(19)20)4-3-10(12)8-16-5-1-2-9(7-15)13(16)18/h1-6H,8H2. The molecule has 0 fully saturated rings. The summed E-state index contributed by atoms with van der Waals surface area (Å²) in [5.74, 6) is 0. The first-order valence-electron chi connectivity index (χ1n) is 5.55. The first-order chi connectivity index (χ1) is 9.52. The molecule has 7 heteroatoms. The van der Waals surface area contributed by atoms with Crippen LogP contribution >= 0.6 is 15.9 Å². The zero-order valence-corrected chi connectivity index (χ0v) is 11.7. The maximum atomic E-state index is 11.9. The minimum absolute atomic E-state index is 0.0289. The molecule has 0 saturated carbocycles. The summed E-state index contributed by atoms with van der Waals surface area (Å²) in [4.78, 5) is 22.1. The number of non-ortho nitro benzene ring substituents is 1. The van der Waals surface area contributed by atoms with Gasteiger partial charge < -0.3 is 4.57 Å². The normalized spacial score (nSPS) is 10.0. The fourth-order valence-corrected chi connectivity index (χ4v) is 2.20. The van der Waals surface area contributed by atoms with Gasteiger partial charge in [-0.3, -0.25) is 14.9 Å². The Morgan fingerprint density at radius 1 is 1.40 bits per heavy atom. The van der Waals surface area contributed by atoms with Crippen molar-refractivity contribution in [1.82, 2.24) is 4.57 Å². The van der Waals surface area contributed by atoms with Crippen LogP contribution < -0.4 is 5.56 Å². The number of nitriles is 1. The van der Waals surface area contributed by atoms with Crippen LogP contribution in [-0.4, -0.2) is 9.49 Å². The Bertz CT molecular complexity index is 777. The second-order valence-corrected chi connectivity index (χ2v) is 4.85. The van der Waals surface area contributed by atoms with E-state index in [-0.39, 0.29) is 23.4 Å². The molecule has 0 radical (unpaired) electrons. The average molecular weight is 334 g/mol. The first kappa shape index (κ1) is 14.0. The maximum Gasteiger partial charge on any atom is 0.270 e. The van der Waals surface area contributed by atoms with E-state index in [9.17, 15) is 14.9 Å². The molecule has 0 aliphatic heterocycles. The smallest absolute Gasteiger partial charge is 0.270 e. The lowest BCUT2D eigenvalue weighted by molar-refractivity contribution is -0.384. The number of aromatic nitrogens is 1. The average Bonchev–Trinajstić information content (AvgIpc) is 2.43. The summed E-state index contributed by atoms with van der Waals surface area (Å²) in [6, 6.07) is 9.22. The molecule has 1 aromatic heterocycles. The van der Waals surface area contributed by atoms with Crippen molar-refractivity contribution in [3.05, 3.63) is 72.6 Å². The van der Waals surface area contributed by atoms with Crippen LogP contribution in [-0.2, 0) is 6.54 Å². The van der Waals surface area contributed by atoms with Crippen LogP contribution in [0.2, 0.25) is 0 Å². The van der Waals surface area contributed by atoms with Gasteiger partial charge in [0.25, 0.3) is 11.2 Å². The van der Waals surface area contributed by atoms with Gasteiger partial charge in [0.05, 0.1) is 11.5 Å². The Labute approximate surface area is 122 Å². The van der Waals surface area contributed by atoms with Gasteiger partial charge in [-0.15, -0.1) is 0 Å². The lowest BCUT2D eigenvalue weighted by Gasteiger charge is -2.07. The van der Waals surface area contributed by atoms with E-state index in [2.05, 4.69) is 15.9 Å². The predicted octanol–water partition coefficient (Wildman–Crippen LogP) is 2.44. The highest BCUT2D eigenvalue weighted by Crippen LogP contribution is 2.23. The molecule has 0 saturated heterocycles. The third kappa shape index (κ3) is 2.75. The fraction of sp³-hybridized carbons (Fsp3) is 0.0769. The van der Waals surface area contributed by atoms with Gasteiger partial charge in [-0.1, -0.05) is 15.9 Å². The second-order valence-electron chi connectivity index (χ2n) is 4.00. The van der Waals surface area contributed by atoms with Crippen molar-refractivity contribution in [2.75, 3.05) is 0 Å². The number of benzene rings is 1. The number of nitro groups is 1. The van der Waals surface area contributed by atoms with Crippen LogP contribution in [0.15, 0.2) is 45.8 Å². The summed E-state index contributed by atoms with van der Waals surface area (Å²) in [5.41, 5.74) is 0.359. The Morgan fingerprint density at radius 3 is 2.75 bits per heavy atom. The molecule has 6 nitrogen and oxygen atoms in total. The van der Waals surface area contributed by atoms with E-state index in [1.165, 1.54) is 22.8 Å². The summed E-state index contributed by atoms with van der Waals surface area (Å²) < 4.78 is 1.92. The minimum Gasteiger partial charge on any atom is -0.310 e. The molecule has 0 unspecified atom stereocenters. The van der Waals surface area contributed by atoms with E-state index in [1.807, 2.05) is 6.07 Å². The van der Waals surface area contributed by atoms with Gasteiger partial charge in [-0.05, 0) is 23.8 Å². The molecule has 20 heavy (non-hydrogen) atoms. The van der Waals surface area contributed by atoms with Crippen molar-refractivity contribution in [3.63, 3.8) is 0 Å². The Kier molecular flexibility index (Phi) is 3.96. The van der Waals surface area contributed by atoms with Gasteiger partial charge in [-0.25, -0.2) is 0 Å². The lowest BCUT2D eigenvalue weighted by atomic mass is 10.2. The molecule has 0 bridgehead atoms. The molecule has 0 amide bonds. The quantitative estimate of drug-likeness (QED) is 0.637.